The third-order valence-corrected chi connectivity index (χ3v) is 6.46. The third-order valence-electron chi connectivity index (χ3n) is 6.46. The van der Waals surface area contributed by atoms with Crippen molar-refractivity contribution in [3.63, 3.8) is 0 Å². The molecule has 0 atom stereocenters. The van der Waals surface area contributed by atoms with Crippen LogP contribution in [-0.4, -0.2) is 36.2 Å². The highest BCUT2D eigenvalue weighted by molar-refractivity contribution is 5.95. The van der Waals surface area contributed by atoms with E-state index >= 15 is 0 Å². The van der Waals surface area contributed by atoms with Gasteiger partial charge >= 0.3 is 0 Å². The summed E-state index contributed by atoms with van der Waals surface area (Å²) in [5.41, 5.74) is 5.07. The highest BCUT2D eigenvalue weighted by atomic mass is 16.5. The Morgan fingerprint density at radius 1 is 0.971 bits per heavy atom. The fourth-order valence-corrected chi connectivity index (χ4v) is 4.58. The lowest BCUT2D eigenvalue weighted by molar-refractivity contribution is 0.226. The molecule has 2 aliphatic heterocycles. The van der Waals surface area contributed by atoms with Gasteiger partial charge in [-0.05, 0) is 23.8 Å². The van der Waals surface area contributed by atoms with Crippen molar-refractivity contribution in [2.24, 2.45) is 10.2 Å². The van der Waals surface area contributed by atoms with Gasteiger partial charge in [-0.1, -0.05) is 48.5 Å². The van der Waals surface area contributed by atoms with Gasteiger partial charge in [0.2, 0.25) is 0 Å². The molecule has 0 unspecified atom stereocenters. The highest BCUT2D eigenvalue weighted by Gasteiger charge is 2.23. The number of furan rings is 1. The molecule has 0 saturated carbocycles. The number of piperazine rings is 1. The molecule has 2 N–H and O–H groups in total. The number of fused-ring (bicyclic) bond motifs is 2. The second kappa shape index (κ2) is 9.37. The Hall–Kier alpha value is -3.94. The molecular weight excluding hydrogens is 440 g/mol. The molecule has 0 bridgehead atoms. The number of ether oxygens (including phenoxy) is 1. The molecule has 35 heavy (non-hydrogen) atoms. The van der Waals surface area contributed by atoms with Crippen LogP contribution in [0.1, 0.15) is 22.5 Å². The maximum Gasteiger partial charge on any atom is 0.172 e. The summed E-state index contributed by atoms with van der Waals surface area (Å²) in [4.78, 5) is 2.37. The summed E-state index contributed by atoms with van der Waals surface area (Å²) < 4.78 is 12.6. The van der Waals surface area contributed by atoms with Gasteiger partial charge in [-0.2, -0.15) is 0 Å². The van der Waals surface area contributed by atoms with E-state index in [-0.39, 0.29) is 5.75 Å². The number of hydrogen-bond acceptors (Lipinski definition) is 7. The molecule has 3 aromatic carbocycles. The summed E-state index contributed by atoms with van der Waals surface area (Å²) in [7, 11) is 0. The van der Waals surface area contributed by atoms with Crippen molar-refractivity contribution in [2.75, 3.05) is 26.2 Å². The summed E-state index contributed by atoms with van der Waals surface area (Å²) in [5, 5.41) is 23.6. The Bertz CT molecular complexity index is 1420. The first-order valence-corrected chi connectivity index (χ1v) is 11.9. The molecule has 0 radical (unpaired) electrons. The normalized spacial score (nSPS) is 16.7. The van der Waals surface area contributed by atoms with Crippen LogP contribution in [0.4, 0.5) is 5.69 Å². The monoisotopic (exact) mass is 466 g/mol. The molecule has 1 saturated heterocycles. The topological polar surface area (TPSA) is 82.6 Å². The Morgan fingerprint density at radius 2 is 1.77 bits per heavy atom. The minimum atomic E-state index is 0.100. The molecule has 7 nitrogen and oxygen atoms in total. The lowest BCUT2D eigenvalue weighted by atomic mass is 10.1. The second-order valence-electron chi connectivity index (χ2n) is 8.78. The Labute approximate surface area is 203 Å². The highest BCUT2D eigenvalue weighted by Crippen LogP contribution is 2.42. The van der Waals surface area contributed by atoms with E-state index < -0.39 is 0 Å². The number of hydrogen-bond donors (Lipinski definition) is 2. The van der Waals surface area contributed by atoms with Gasteiger partial charge in [0.05, 0.1) is 22.3 Å². The van der Waals surface area contributed by atoms with Crippen LogP contribution < -0.4 is 10.1 Å². The van der Waals surface area contributed by atoms with Crippen LogP contribution in [0, 0.1) is 0 Å². The number of azo groups is 1. The largest absolute Gasteiger partial charge is 0.504 e. The maximum absolute atomic E-state index is 11.1. The minimum absolute atomic E-state index is 0.100. The van der Waals surface area contributed by atoms with Gasteiger partial charge in [0.25, 0.3) is 0 Å². The average molecular weight is 467 g/mol. The van der Waals surface area contributed by atoms with Crippen LogP contribution in [0.5, 0.6) is 11.5 Å². The smallest absolute Gasteiger partial charge is 0.172 e. The van der Waals surface area contributed by atoms with Crippen LogP contribution in [0.2, 0.25) is 0 Å². The van der Waals surface area contributed by atoms with Crippen LogP contribution in [0.15, 0.2) is 81.4 Å². The molecule has 176 valence electrons. The van der Waals surface area contributed by atoms with E-state index in [1.54, 1.807) is 6.08 Å². The Morgan fingerprint density at radius 3 is 2.63 bits per heavy atom. The van der Waals surface area contributed by atoms with E-state index in [4.69, 9.17) is 9.15 Å². The van der Waals surface area contributed by atoms with Gasteiger partial charge in [-0.25, -0.2) is 0 Å². The van der Waals surface area contributed by atoms with Crippen molar-refractivity contribution >= 4 is 28.4 Å². The van der Waals surface area contributed by atoms with Crippen LogP contribution in [0.25, 0.3) is 22.7 Å². The van der Waals surface area contributed by atoms with Crippen LogP contribution >= 0.6 is 0 Å². The first-order valence-electron chi connectivity index (χ1n) is 11.9. The summed E-state index contributed by atoms with van der Waals surface area (Å²) in [6.07, 6.45) is 1.75. The van der Waals surface area contributed by atoms with Crippen molar-refractivity contribution in [2.45, 2.75) is 13.2 Å². The van der Waals surface area contributed by atoms with Crippen molar-refractivity contribution in [3.8, 4) is 11.5 Å². The van der Waals surface area contributed by atoms with E-state index in [0.29, 0.717) is 35.6 Å². The lowest BCUT2D eigenvalue weighted by Crippen LogP contribution is -2.42. The predicted octanol–water partition coefficient (Wildman–Crippen LogP) is 5.72. The average Bonchev–Trinajstić information content (AvgIpc) is 3.46. The first-order chi connectivity index (χ1) is 17.3. The fraction of sp³-hybridized carbons (Fsp3) is 0.214. The van der Waals surface area contributed by atoms with Crippen molar-refractivity contribution in [3.05, 3.63) is 89.2 Å². The summed E-state index contributed by atoms with van der Waals surface area (Å²) in [6, 6.07) is 21.7. The molecule has 4 aromatic rings. The lowest BCUT2D eigenvalue weighted by Gasteiger charge is -2.27. The number of nitrogens with zero attached hydrogens (tertiary/aromatic N) is 3. The van der Waals surface area contributed by atoms with Crippen molar-refractivity contribution in [1.82, 2.24) is 10.2 Å². The predicted molar refractivity (Wildman–Crippen MR) is 136 cm³/mol. The number of benzene rings is 3. The molecule has 1 fully saturated rings. The Balaban J connectivity index is 1.39. The molecule has 2 aliphatic rings. The second-order valence-corrected chi connectivity index (χ2v) is 8.78. The fourth-order valence-electron chi connectivity index (χ4n) is 4.58. The molecule has 7 heteroatoms. The SMILES string of the molecule is Oc1c(C=C2N=Nc3ccccc32)oc2c(CN3CCNCC3)c(OCc3ccccc3)ccc12. The standard InChI is InChI=1S/C28H26N4O3/c33-27-21-10-11-25(34-18-19-6-2-1-3-7-19)22(17-32-14-12-29-13-15-32)28(21)35-26(27)16-24-20-8-4-5-9-23(20)30-31-24/h1-11,16,29,33H,12-15,17-18H2. The van der Waals surface area contributed by atoms with E-state index in [1.807, 2.05) is 66.7 Å². The molecule has 1 aromatic heterocycles. The summed E-state index contributed by atoms with van der Waals surface area (Å²) in [5.74, 6) is 1.23. The minimum Gasteiger partial charge on any atom is -0.504 e. The van der Waals surface area contributed by atoms with Crippen molar-refractivity contribution in [1.29, 1.82) is 0 Å². The molecule has 0 amide bonds. The van der Waals surface area contributed by atoms with Gasteiger partial charge in [0.15, 0.2) is 11.5 Å². The van der Waals surface area contributed by atoms with E-state index in [9.17, 15) is 5.11 Å². The summed E-state index contributed by atoms with van der Waals surface area (Å²) in [6.45, 7) is 4.91. The molecular formula is C28H26N4O3. The summed E-state index contributed by atoms with van der Waals surface area (Å²) >= 11 is 0. The third kappa shape index (κ3) is 4.32. The van der Waals surface area contributed by atoms with E-state index in [0.717, 1.165) is 54.3 Å². The van der Waals surface area contributed by atoms with Gasteiger partial charge in [-0.3, -0.25) is 4.90 Å². The van der Waals surface area contributed by atoms with Crippen LogP contribution in [-0.2, 0) is 13.2 Å². The number of aromatic hydroxyl groups is 1. The Kier molecular flexibility index (Phi) is 5.78. The van der Waals surface area contributed by atoms with Gasteiger partial charge in [0, 0.05) is 44.4 Å². The zero-order chi connectivity index (χ0) is 23.6. The molecule has 3 heterocycles. The first kappa shape index (κ1) is 21.6. The number of nitrogens with one attached hydrogen (secondary N) is 1. The van der Waals surface area contributed by atoms with E-state index in [2.05, 4.69) is 20.4 Å². The quantitative estimate of drug-likeness (QED) is 0.380. The van der Waals surface area contributed by atoms with E-state index in [1.165, 1.54) is 0 Å². The molecule has 0 spiro atoms. The van der Waals surface area contributed by atoms with Gasteiger partial charge < -0.3 is 19.6 Å². The maximum atomic E-state index is 11.1. The molecule has 0 aliphatic carbocycles. The zero-order valence-corrected chi connectivity index (χ0v) is 19.3. The van der Waals surface area contributed by atoms with Gasteiger partial charge in [-0.15, -0.1) is 10.2 Å². The van der Waals surface area contributed by atoms with Crippen molar-refractivity contribution < 1.29 is 14.3 Å². The molecule has 6 rings (SSSR count). The van der Waals surface area contributed by atoms with Crippen LogP contribution in [0.3, 0.4) is 0 Å². The zero-order valence-electron chi connectivity index (χ0n) is 19.3. The van der Waals surface area contributed by atoms with Gasteiger partial charge in [0.1, 0.15) is 17.9 Å². The number of rotatable bonds is 6.